The number of aromatic nitrogens is 4. The molecular weight excluding hydrogens is 370 g/mol. The van der Waals surface area contributed by atoms with Gasteiger partial charge in [-0.25, -0.2) is 0 Å². The molecule has 2 atom stereocenters. The summed E-state index contributed by atoms with van der Waals surface area (Å²) in [4.78, 5) is 19.3. The molecule has 2 aromatic rings. The molecule has 0 aromatic carbocycles. The van der Waals surface area contributed by atoms with Crippen LogP contribution in [-0.2, 0) is 4.79 Å². The predicted octanol–water partition coefficient (Wildman–Crippen LogP) is 3.95. The number of carbonyl (C=O) groups is 1. The largest absolute Gasteiger partial charge is 0.339 e. The minimum Gasteiger partial charge on any atom is -0.339 e. The number of amides is 1. The molecule has 5 rings (SSSR count). The molecule has 148 valence electrons. The zero-order chi connectivity index (χ0) is 18.9. The zero-order valence-corrected chi connectivity index (χ0v) is 17.0. The lowest BCUT2D eigenvalue weighted by Gasteiger charge is -2.44. The van der Waals surface area contributed by atoms with Gasteiger partial charge < -0.3 is 4.90 Å². The summed E-state index contributed by atoms with van der Waals surface area (Å²) < 4.78 is 2.23. The Balaban J connectivity index is 1.30. The molecule has 1 saturated heterocycles. The van der Waals surface area contributed by atoms with Crippen LogP contribution in [-0.4, -0.2) is 48.9 Å². The van der Waals surface area contributed by atoms with Crippen molar-refractivity contribution in [3.8, 4) is 11.4 Å². The maximum Gasteiger partial charge on any atom is 0.233 e. The third-order valence-corrected chi connectivity index (χ3v) is 7.33. The molecule has 0 N–H and O–H groups in total. The smallest absolute Gasteiger partial charge is 0.233 e. The average molecular weight is 398 g/mol. The Hall–Kier alpha value is -1.89. The quantitative estimate of drug-likeness (QED) is 0.715. The Labute approximate surface area is 170 Å². The highest BCUT2D eigenvalue weighted by Crippen LogP contribution is 2.41. The molecule has 0 spiro atoms. The molecule has 1 amide bonds. The molecule has 3 fully saturated rings. The van der Waals surface area contributed by atoms with Crippen LogP contribution in [0.4, 0.5) is 0 Å². The van der Waals surface area contributed by atoms with E-state index in [9.17, 15) is 4.79 Å². The fraction of sp³-hybridized carbons (Fsp3) is 0.619. The van der Waals surface area contributed by atoms with Gasteiger partial charge in [-0.05, 0) is 56.6 Å². The second-order valence-electron chi connectivity index (χ2n) is 8.27. The Kier molecular flexibility index (Phi) is 5.09. The van der Waals surface area contributed by atoms with E-state index in [1.807, 2.05) is 12.1 Å². The van der Waals surface area contributed by atoms with E-state index in [2.05, 4.69) is 24.6 Å². The first-order valence-electron chi connectivity index (χ1n) is 10.6. The number of fused-ring (bicyclic) bond motifs is 1. The summed E-state index contributed by atoms with van der Waals surface area (Å²) in [7, 11) is 0. The van der Waals surface area contributed by atoms with Gasteiger partial charge in [0.15, 0.2) is 11.0 Å². The van der Waals surface area contributed by atoms with Gasteiger partial charge in [-0.3, -0.25) is 14.3 Å². The highest BCUT2D eigenvalue weighted by atomic mass is 32.2. The van der Waals surface area contributed by atoms with Gasteiger partial charge in [-0.1, -0.05) is 24.6 Å². The summed E-state index contributed by atoms with van der Waals surface area (Å²) in [6.07, 6.45) is 13.4. The lowest BCUT2D eigenvalue weighted by atomic mass is 9.78. The Morgan fingerprint density at radius 1 is 1.04 bits per heavy atom. The molecule has 2 aromatic heterocycles. The number of rotatable bonds is 5. The van der Waals surface area contributed by atoms with Crippen molar-refractivity contribution in [1.29, 1.82) is 0 Å². The van der Waals surface area contributed by atoms with E-state index < -0.39 is 0 Å². The van der Waals surface area contributed by atoms with Gasteiger partial charge in [0.1, 0.15) is 0 Å². The first-order valence-corrected chi connectivity index (χ1v) is 11.6. The topological polar surface area (TPSA) is 63.9 Å². The molecule has 3 heterocycles. The van der Waals surface area contributed by atoms with E-state index in [1.54, 1.807) is 24.2 Å². The summed E-state index contributed by atoms with van der Waals surface area (Å²) in [6.45, 7) is 0.929. The molecule has 0 bridgehead atoms. The number of thioether (sulfide) groups is 1. The minimum atomic E-state index is 0.275. The van der Waals surface area contributed by atoms with Crippen LogP contribution in [0.3, 0.4) is 0 Å². The monoisotopic (exact) mass is 397 g/mol. The summed E-state index contributed by atoms with van der Waals surface area (Å²) in [6, 6.07) is 4.89. The summed E-state index contributed by atoms with van der Waals surface area (Å²) in [5.41, 5.74) is 1.04. The molecular formula is C21H27N5OS. The third kappa shape index (κ3) is 3.56. The predicted molar refractivity (Wildman–Crippen MR) is 109 cm³/mol. The number of hydrogen-bond donors (Lipinski definition) is 0. The first-order chi connectivity index (χ1) is 13.8. The molecule has 1 aliphatic heterocycles. The summed E-state index contributed by atoms with van der Waals surface area (Å²) in [5.74, 6) is 2.36. The van der Waals surface area contributed by atoms with Crippen LogP contribution in [0, 0.1) is 5.92 Å². The van der Waals surface area contributed by atoms with E-state index in [0.29, 0.717) is 17.8 Å². The van der Waals surface area contributed by atoms with Crippen LogP contribution in [0.1, 0.15) is 57.4 Å². The Morgan fingerprint density at radius 3 is 2.64 bits per heavy atom. The molecule has 0 radical (unpaired) electrons. The van der Waals surface area contributed by atoms with Crippen molar-refractivity contribution in [1.82, 2.24) is 24.6 Å². The normalized spacial score (nSPS) is 24.8. The van der Waals surface area contributed by atoms with Gasteiger partial charge in [0, 0.05) is 36.6 Å². The molecule has 7 heteroatoms. The fourth-order valence-corrected chi connectivity index (χ4v) is 5.77. The van der Waals surface area contributed by atoms with Gasteiger partial charge in [0.05, 0.1) is 5.75 Å². The zero-order valence-electron chi connectivity index (χ0n) is 16.2. The number of likely N-dealkylation sites (tertiary alicyclic amines) is 1. The van der Waals surface area contributed by atoms with Crippen LogP contribution < -0.4 is 0 Å². The molecule has 28 heavy (non-hydrogen) atoms. The van der Waals surface area contributed by atoms with Crippen LogP contribution in [0.5, 0.6) is 0 Å². The van der Waals surface area contributed by atoms with Gasteiger partial charge in [0.2, 0.25) is 5.91 Å². The van der Waals surface area contributed by atoms with Gasteiger partial charge in [-0.2, -0.15) is 0 Å². The van der Waals surface area contributed by atoms with E-state index in [0.717, 1.165) is 48.3 Å². The second-order valence-corrected chi connectivity index (χ2v) is 9.22. The number of pyridine rings is 1. The van der Waals surface area contributed by atoms with Crippen molar-refractivity contribution >= 4 is 17.7 Å². The van der Waals surface area contributed by atoms with E-state index >= 15 is 0 Å². The van der Waals surface area contributed by atoms with Crippen molar-refractivity contribution < 1.29 is 4.79 Å². The van der Waals surface area contributed by atoms with Gasteiger partial charge in [0.25, 0.3) is 0 Å². The SMILES string of the molecule is O=C(CSc1nnc(-c2ccncc2)n1C1CC1)N1CCC[C@H]2CCCC[C@@H]21. The molecule has 2 aliphatic carbocycles. The van der Waals surface area contributed by atoms with E-state index in [-0.39, 0.29) is 5.91 Å². The lowest BCUT2D eigenvalue weighted by Crippen LogP contribution is -2.50. The van der Waals surface area contributed by atoms with Crippen LogP contribution in [0.2, 0.25) is 0 Å². The molecule has 0 unspecified atom stereocenters. The van der Waals surface area contributed by atoms with Gasteiger partial charge in [-0.15, -0.1) is 10.2 Å². The van der Waals surface area contributed by atoms with Crippen LogP contribution in [0.25, 0.3) is 11.4 Å². The van der Waals surface area contributed by atoms with Crippen LogP contribution >= 0.6 is 11.8 Å². The highest BCUT2D eigenvalue weighted by molar-refractivity contribution is 7.99. The molecule has 3 aliphatic rings. The third-order valence-electron chi connectivity index (χ3n) is 6.40. The lowest BCUT2D eigenvalue weighted by molar-refractivity contribution is -0.134. The number of hydrogen-bond acceptors (Lipinski definition) is 5. The van der Waals surface area contributed by atoms with Crippen molar-refractivity contribution in [3.05, 3.63) is 24.5 Å². The number of piperidine rings is 1. The maximum atomic E-state index is 13.0. The molecule has 2 saturated carbocycles. The van der Waals surface area contributed by atoms with Crippen molar-refractivity contribution in [2.75, 3.05) is 12.3 Å². The number of carbonyl (C=O) groups excluding carboxylic acids is 1. The Morgan fingerprint density at radius 2 is 1.82 bits per heavy atom. The van der Waals surface area contributed by atoms with Crippen LogP contribution in [0.15, 0.2) is 29.7 Å². The van der Waals surface area contributed by atoms with E-state index in [1.165, 1.54) is 32.1 Å². The van der Waals surface area contributed by atoms with Crippen molar-refractivity contribution in [2.24, 2.45) is 5.92 Å². The standard InChI is InChI=1S/C21H27N5OS/c27-19(25-13-3-5-15-4-1-2-6-18(15)25)14-28-21-24-23-20(26(21)17-7-8-17)16-9-11-22-12-10-16/h9-12,15,17-18H,1-8,13-14H2/t15-,18+/m1/s1. The highest BCUT2D eigenvalue weighted by Gasteiger charge is 2.36. The number of nitrogens with zero attached hydrogens (tertiary/aromatic N) is 5. The summed E-state index contributed by atoms with van der Waals surface area (Å²) in [5, 5.41) is 9.76. The summed E-state index contributed by atoms with van der Waals surface area (Å²) >= 11 is 1.55. The molecule has 6 nitrogen and oxygen atoms in total. The minimum absolute atomic E-state index is 0.275. The first kappa shape index (κ1) is 18.2. The van der Waals surface area contributed by atoms with Crippen molar-refractivity contribution in [3.63, 3.8) is 0 Å². The second kappa shape index (κ2) is 7.85. The van der Waals surface area contributed by atoms with E-state index in [4.69, 9.17) is 0 Å². The Bertz CT molecular complexity index is 833. The van der Waals surface area contributed by atoms with Crippen molar-refractivity contribution in [2.45, 2.75) is 68.6 Å². The average Bonchev–Trinajstić information content (AvgIpc) is 3.51. The fourth-order valence-electron chi connectivity index (χ4n) is 4.88. The van der Waals surface area contributed by atoms with Gasteiger partial charge >= 0.3 is 0 Å². The maximum absolute atomic E-state index is 13.0.